The number of carbonyl (C=O) groups is 1. The average molecular weight is 305 g/mol. The standard InChI is InChI=1S/C17H21ClN2O/c1-2-12-4-3-5-14-15(11-19-17(12)14)13-6-8-20(9-7-13)16(21)10-18/h3-5,11,13,19H,2,6-10H2,1H3. The third kappa shape index (κ3) is 2.67. The number of rotatable bonds is 3. The van der Waals surface area contributed by atoms with Crippen LogP contribution in [0.2, 0.25) is 0 Å². The Morgan fingerprint density at radius 3 is 2.81 bits per heavy atom. The van der Waals surface area contributed by atoms with Crippen molar-refractivity contribution in [3.63, 3.8) is 0 Å². The molecular weight excluding hydrogens is 284 g/mol. The molecule has 3 rings (SSSR count). The lowest BCUT2D eigenvalue weighted by atomic mass is 9.89. The normalized spacial score (nSPS) is 16.6. The number of hydrogen-bond acceptors (Lipinski definition) is 1. The Bertz CT molecular complexity index is 641. The number of hydrogen-bond donors (Lipinski definition) is 1. The van der Waals surface area contributed by atoms with Gasteiger partial charge >= 0.3 is 0 Å². The SMILES string of the molecule is CCc1cccc2c(C3CCN(C(=O)CCl)CC3)c[nH]c12. The van der Waals surface area contributed by atoms with Crippen molar-refractivity contribution in [1.82, 2.24) is 9.88 Å². The molecule has 1 N–H and O–H groups in total. The first-order chi connectivity index (χ1) is 10.2. The first-order valence-electron chi connectivity index (χ1n) is 7.67. The van der Waals surface area contributed by atoms with Crippen molar-refractivity contribution in [2.75, 3.05) is 19.0 Å². The van der Waals surface area contributed by atoms with Gasteiger partial charge in [-0.05, 0) is 36.3 Å². The Hall–Kier alpha value is -1.48. The summed E-state index contributed by atoms with van der Waals surface area (Å²) in [5.74, 6) is 0.685. The zero-order valence-electron chi connectivity index (χ0n) is 12.4. The molecule has 1 saturated heterocycles. The van der Waals surface area contributed by atoms with Crippen molar-refractivity contribution >= 4 is 28.4 Å². The molecular formula is C17H21ClN2O. The summed E-state index contributed by atoms with van der Waals surface area (Å²) in [6.07, 6.45) is 5.24. The van der Waals surface area contributed by atoms with Gasteiger partial charge in [0, 0.05) is 30.2 Å². The van der Waals surface area contributed by atoms with E-state index in [1.807, 2.05) is 4.90 Å². The van der Waals surface area contributed by atoms with Gasteiger partial charge in [0.25, 0.3) is 0 Å². The molecule has 2 heterocycles. The summed E-state index contributed by atoms with van der Waals surface area (Å²) in [7, 11) is 0. The Labute approximate surface area is 130 Å². The van der Waals surface area contributed by atoms with E-state index < -0.39 is 0 Å². The summed E-state index contributed by atoms with van der Waals surface area (Å²) >= 11 is 5.64. The molecule has 0 spiro atoms. The van der Waals surface area contributed by atoms with Gasteiger partial charge < -0.3 is 9.88 Å². The number of para-hydroxylation sites is 1. The molecule has 4 heteroatoms. The maximum atomic E-state index is 11.6. The lowest BCUT2D eigenvalue weighted by Gasteiger charge is -2.31. The molecule has 2 aromatic rings. The quantitative estimate of drug-likeness (QED) is 0.863. The lowest BCUT2D eigenvalue weighted by molar-refractivity contribution is -0.129. The van der Waals surface area contributed by atoms with Crippen molar-refractivity contribution in [2.45, 2.75) is 32.1 Å². The maximum Gasteiger partial charge on any atom is 0.237 e. The van der Waals surface area contributed by atoms with E-state index in [-0.39, 0.29) is 11.8 Å². The average Bonchev–Trinajstić information content (AvgIpc) is 2.98. The summed E-state index contributed by atoms with van der Waals surface area (Å²) in [4.78, 5) is 17.0. The second-order valence-corrected chi connectivity index (χ2v) is 5.99. The van der Waals surface area contributed by atoms with Crippen LogP contribution in [0.15, 0.2) is 24.4 Å². The monoisotopic (exact) mass is 304 g/mol. The Balaban J connectivity index is 1.81. The summed E-state index contributed by atoms with van der Waals surface area (Å²) in [6.45, 7) is 3.82. The fourth-order valence-corrected chi connectivity index (χ4v) is 3.56. The highest BCUT2D eigenvalue weighted by atomic mass is 35.5. The van der Waals surface area contributed by atoms with E-state index in [1.54, 1.807) is 0 Å². The molecule has 0 unspecified atom stereocenters. The second-order valence-electron chi connectivity index (χ2n) is 5.73. The van der Waals surface area contributed by atoms with Gasteiger partial charge in [-0.3, -0.25) is 4.79 Å². The molecule has 3 nitrogen and oxygen atoms in total. The highest BCUT2D eigenvalue weighted by Crippen LogP contribution is 2.34. The van der Waals surface area contributed by atoms with Crippen molar-refractivity contribution in [3.05, 3.63) is 35.5 Å². The van der Waals surface area contributed by atoms with Crippen LogP contribution in [-0.2, 0) is 11.2 Å². The number of fused-ring (bicyclic) bond motifs is 1. The number of aromatic amines is 1. The molecule has 1 amide bonds. The van der Waals surface area contributed by atoms with Crippen LogP contribution in [-0.4, -0.2) is 34.8 Å². The topological polar surface area (TPSA) is 36.1 Å². The van der Waals surface area contributed by atoms with Crippen LogP contribution in [0, 0.1) is 0 Å². The Morgan fingerprint density at radius 2 is 2.14 bits per heavy atom. The maximum absolute atomic E-state index is 11.6. The molecule has 112 valence electrons. The lowest BCUT2D eigenvalue weighted by Crippen LogP contribution is -2.38. The summed E-state index contributed by atoms with van der Waals surface area (Å²) < 4.78 is 0. The molecule has 1 fully saturated rings. The molecule has 0 aliphatic carbocycles. The third-order valence-electron chi connectivity index (χ3n) is 4.62. The third-order valence-corrected chi connectivity index (χ3v) is 4.85. The van der Waals surface area contributed by atoms with Crippen LogP contribution in [0.4, 0.5) is 0 Å². The van der Waals surface area contributed by atoms with E-state index in [0.717, 1.165) is 32.4 Å². The van der Waals surface area contributed by atoms with Crippen molar-refractivity contribution in [2.24, 2.45) is 0 Å². The van der Waals surface area contributed by atoms with E-state index in [1.165, 1.54) is 22.0 Å². The van der Waals surface area contributed by atoms with Crippen LogP contribution < -0.4 is 0 Å². The van der Waals surface area contributed by atoms with E-state index >= 15 is 0 Å². The number of benzene rings is 1. The number of alkyl halides is 1. The number of H-pyrrole nitrogens is 1. The molecule has 1 aromatic heterocycles. The van der Waals surface area contributed by atoms with Gasteiger partial charge in [-0.1, -0.05) is 25.1 Å². The van der Waals surface area contributed by atoms with Crippen molar-refractivity contribution in [3.8, 4) is 0 Å². The van der Waals surface area contributed by atoms with Crippen LogP contribution in [0.25, 0.3) is 10.9 Å². The molecule has 0 radical (unpaired) electrons. The number of aromatic nitrogens is 1. The van der Waals surface area contributed by atoms with E-state index in [9.17, 15) is 4.79 Å². The molecule has 1 aliphatic heterocycles. The van der Waals surface area contributed by atoms with Crippen LogP contribution in [0.1, 0.15) is 36.8 Å². The first kappa shape index (κ1) is 14.5. The number of aryl methyl sites for hydroxylation is 1. The van der Waals surface area contributed by atoms with Gasteiger partial charge in [0.15, 0.2) is 0 Å². The number of amides is 1. The van der Waals surface area contributed by atoms with Gasteiger partial charge in [0.1, 0.15) is 5.88 Å². The predicted molar refractivity (Wildman–Crippen MR) is 87.0 cm³/mol. The van der Waals surface area contributed by atoms with E-state index in [0.29, 0.717) is 5.92 Å². The smallest absolute Gasteiger partial charge is 0.237 e. The summed E-state index contributed by atoms with van der Waals surface area (Å²) in [5.41, 5.74) is 4.04. The van der Waals surface area contributed by atoms with Crippen molar-refractivity contribution < 1.29 is 4.79 Å². The second kappa shape index (κ2) is 6.10. The number of likely N-dealkylation sites (tertiary alicyclic amines) is 1. The number of halogens is 1. The highest BCUT2D eigenvalue weighted by Gasteiger charge is 2.25. The summed E-state index contributed by atoms with van der Waals surface area (Å²) in [5, 5.41) is 1.34. The van der Waals surface area contributed by atoms with Gasteiger partial charge in [-0.15, -0.1) is 11.6 Å². The number of nitrogens with zero attached hydrogens (tertiary/aromatic N) is 1. The minimum Gasteiger partial charge on any atom is -0.361 e. The molecule has 1 aliphatic rings. The van der Waals surface area contributed by atoms with E-state index in [2.05, 4.69) is 36.3 Å². The Kier molecular flexibility index (Phi) is 4.20. The van der Waals surface area contributed by atoms with Crippen LogP contribution in [0.5, 0.6) is 0 Å². The van der Waals surface area contributed by atoms with Gasteiger partial charge in [-0.2, -0.15) is 0 Å². The molecule has 0 atom stereocenters. The van der Waals surface area contributed by atoms with Crippen molar-refractivity contribution in [1.29, 1.82) is 0 Å². The van der Waals surface area contributed by atoms with Crippen LogP contribution >= 0.6 is 11.6 Å². The fraction of sp³-hybridized carbons (Fsp3) is 0.471. The fourth-order valence-electron chi connectivity index (χ4n) is 3.40. The number of piperidine rings is 1. The largest absolute Gasteiger partial charge is 0.361 e. The number of nitrogens with one attached hydrogen (secondary N) is 1. The zero-order chi connectivity index (χ0) is 14.8. The van der Waals surface area contributed by atoms with Gasteiger partial charge in [-0.25, -0.2) is 0 Å². The Morgan fingerprint density at radius 1 is 1.38 bits per heavy atom. The molecule has 1 aromatic carbocycles. The first-order valence-corrected chi connectivity index (χ1v) is 8.20. The predicted octanol–water partition coefficient (Wildman–Crippen LogP) is 3.68. The van der Waals surface area contributed by atoms with E-state index in [4.69, 9.17) is 11.6 Å². The summed E-state index contributed by atoms with van der Waals surface area (Å²) in [6, 6.07) is 6.53. The molecule has 0 bridgehead atoms. The minimum absolute atomic E-state index is 0.0577. The minimum atomic E-state index is 0.0577. The van der Waals surface area contributed by atoms with Crippen LogP contribution in [0.3, 0.4) is 0 Å². The highest BCUT2D eigenvalue weighted by molar-refractivity contribution is 6.27. The molecule has 21 heavy (non-hydrogen) atoms. The van der Waals surface area contributed by atoms with Gasteiger partial charge in [0.05, 0.1) is 0 Å². The number of carbonyl (C=O) groups excluding carboxylic acids is 1. The van der Waals surface area contributed by atoms with Gasteiger partial charge in [0.2, 0.25) is 5.91 Å². The zero-order valence-corrected chi connectivity index (χ0v) is 13.1. The molecule has 0 saturated carbocycles.